The molecule has 0 radical (unpaired) electrons. The normalized spacial score (nSPS) is 12.1. The Morgan fingerprint density at radius 1 is 0.290 bits per heavy atom. The fourth-order valence-corrected chi connectivity index (χ4v) is 11.2. The molecule has 0 saturated heterocycles. The lowest BCUT2D eigenvalue weighted by Gasteiger charge is -2.16. The van der Waals surface area contributed by atoms with E-state index in [4.69, 9.17) is 19.4 Å². The van der Waals surface area contributed by atoms with Gasteiger partial charge in [-0.05, 0) is 92.5 Å². The highest BCUT2D eigenvalue weighted by atomic mass is 16.3. The van der Waals surface area contributed by atoms with E-state index in [9.17, 15) is 0 Å². The van der Waals surface area contributed by atoms with Crippen LogP contribution in [-0.2, 0) is 0 Å². The van der Waals surface area contributed by atoms with Crippen molar-refractivity contribution < 1.29 is 4.42 Å². The van der Waals surface area contributed by atoms with Gasteiger partial charge in [-0.15, -0.1) is 0 Å². The molecule has 320 valence electrons. The Balaban J connectivity index is 0.968. The Kier molecular flexibility index (Phi) is 7.97. The molecule has 11 aromatic carbocycles. The second kappa shape index (κ2) is 14.6. The van der Waals surface area contributed by atoms with Crippen LogP contribution in [0, 0.1) is 0 Å². The SMILES string of the molecule is c1ccc(-c2nc(-c3ccc4c(c3)oc3ccccc34)nc(-n3c4ccccc4c4c5c6ccccc6n(-c6ccccc6-c6ccc7c8ccccc8c8ccccc8c7c6)c5ccc43)n2)cc1. The quantitative estimate of drug-likeness (QED) is 0.162. The van der Waals surface area contributed by atoms with E-state index in [0.29, 0.717) is 17.6 Å². The second-order valence-electron chi connectivity index (χ2n) is 17.9. The zero-order valence-corrected chi connectivity index (χ0v) is 37.0. The van der Waals surface area contributed by atoms with Gasteiger partial charge in [0, 0.05) is 49.0 Å². The smallest absolute Gasteiger partial charge is 0.238 e. The monoisotopic (exact) mass is 879 g/mol. The number of furan rings is 1. The third kappa shape index (κ3) is 5.57. The van der Waals surface area contributed by atoms with E-state index in [0.717, 1.165) is 77.2 Å². The molecular formula is C63H37N5O. The fourth-order valence-electron chi connectivity index (χ4n) is 11.2. The average molecular weight is 880 g/mol. The molecule has 4 heterocycles. The lowest BCUT2D eigenvalue weighted by molar-refractivity contribution is 0.669. The summed E-state index contributed by atoms with van der Waals surface area (Å²) in [6.07, 6.45) is 0. The number of hydrogen-bond donors (Lipinski definition) is 0. The Hall–Kier alpha value is -9.39. The minimum Gasteiger partial charge on any atom is -0.456 e. The molecule has 0 unspecified atom stereocenters. The van der Waals surface area contributed by atoms with Crippen LogP contribution in [-0.4, -0.2) is 24.1 Å². The van der Waals surface area contributed by atoms with Crippen LogP contribution < -0.4 is 0 Å². The Bertz CT molecular complexity index is 4580. The molecule has 6 heteroatoms. The summed E-state index contributed by atoms with van der Waals surface area (Å²) < 4.78 is 11.0. The van der Waals surface area contributed by atoms with Gasteiger partial charge in [0.05, 0.1) is 27.8 Å². The summed E-state index contributed by atoms with van der Waals surface area (Å²) in [5, 5.41) is 14.3. The van der Waals surface area contributed by atoms with Crippen molar-refractivity contribution in [1.82, 2.24) is 24.1 Å². The Morgan fingerprint density at radius 3 is 1.49 bits per heavy atom. The number of para-hydroxylation sites is 4. The molecular weight excluding hydrogens is 843 g/mol. The fraction of sp³-hybridized carbons (Fsp3) is 0. The molecule has 0 bridgehead atoms. The maximum atomic E-state index is 6.36. The first-order valence-corrected chi connectivity index (χ1v) is 23.4. The van der Waals surface area contributed by atoms with Crippen molar-refractivity contribution in [3.8, 4) is 45.5 Å². The lowest BCUT2D eigenvalue weighted by Crippen LogP contribution is -2.06. The van der Waals surface area contributed by atoms with Crippen molar-refractivity contribution in [1.29, 1.82) is 0 Å². The van der Waals surface area contributed by atoms with Crippen LogP contribution in [0.1, 0.15) is 0 Å². The number of benzene rings is 11. The van der Waals surface area contributed by atoms with Gasteiger partial charge in [-0.2, -0.15) is 9.97 Å². The van der Waals surface area contributed by atoms with E-state index in [1.807, 2.05) is 42.5 Å². The van der Waals surface area contributed by atoms with Crippen molar-refractivity contribution in [2.45, 2.75) is 0 Å². The van der Waals surface area contributed by atoms with Gasteiger partial charge >= 0.3 is 0 Å². The Labute approximate surface area is 394 Å². The van der Waals surface area contributed by atoms with Gasteiger partial charge in [-0.1, -0.05) is 170 Å². The van der Waals surface area contributed by atoms with Crippen molar-refractivity contribution >= 4 is 97.9 Å². The third-order valence-electron chi connectivity index (χ3n) is 14.2. The van der Waals surface area contributed by atoms with E-state index in [1.165, 1.54) is 48.7 Å². The third-order valence-corrected chi connectivity index (χ3v) is 14.2. The molecule has 0 fully saturated rings. The predicted octanol–water partition coefficient (Wildman–Crippen LogP) is 16.4. The number of aromatic nitrogens is 5. The molecule has 0 aliphatic carbocycles. The van der Waals surface area contributed by atoms with Crippen molar-refractivity contribution in [2.75, 3.05) is 0 Å². The summed E-state index contributed by atoms with van der Waals surface area (Å²) in [6.45, 7) is 0. The molecule has 15 rings (SSSR count). The molecule has 0 saturated carbocycles. The van der Waals surface area contributed by atoms with Crippen molar-refractivity contribution in [3.05, 3.63) is 224 Å². The van der Waals surface area contributed by atoms with Gasteiger partial charge in [-0.25, -0.2) is 4.98 Å². The maximum absolute atomic E-state index is 6.36. The van der Waals surface area contributed by atoms with Gasteiger partial charge in [0.15, 0.2) is 11.6 Å². The van der Waals surface area contributed by atoms with Crippen molar-refractivity contribution in [2.24, 2.45) is 0 Å². The standard InChI is InChI=1S/C63H37N5O/c1-2-16-38(17-3-1)61-64-62(40-31-33-48-47-23-11-15-29-57(47)69-58(48)37-40)66-63(65-61)68-54-28-14-10-25-50(54)60-56(68)35-34-55-59(60)49-24-9-13-27-53(49)67(55)52-26-12-8-18-41(52)39-30-32-46-44-21-5-4-19-42(44)43-20-6-7-22-45(43)51(46)36-39/h1-37H. The van der Waals surface area contributed by atoms with E-state index in [-0.39, 0.29) is 0 Å². The molecule has 0 aliphatic rings. The molecule has 4 aromatic heterocycles. The highest BCUT2D eigenvalue weighted by molar-refractivity contribution is 6.29. The summed E-state index contributed by atoms with van der Waals surface area (Å²) >= 11 is 0. The van der Waals surface area contributed by atoms with Gasteiger partial charge in [0.1, 0.15) is 11.2 Å². The number of hydrogen-bond acceptors (Lipinski definition) is 4. The molecule has 15 aromatic rings. The van der Waals surface area contributed by atoms with E-state index in [1.54, 1.807) is 0 Å². The van der Waals surface area contributed by atoms with E-state index in [2.05, 4.69) is 191 Å². The largest absolute Gasteiger partial charge is 0.456 e. The van der Waals surface area contributed by atoms with Crippen LogP contribution in [0.25, 0.3) is 143 Å². The first kappa shape index (κ1) is 37.8. The lowest BCUT2D eigenvalue weighted by atomic mass is 9.92. The first-order valence-electron chi connectivity index (χ1n) is 23.4. The zero-order valence-electron chi connectivity index (χ0n) is 37.0. The molecule has 0 N–H and O–H groups in total. The number of fused-ring (bicyclic) bond motifs is 16. The molecule has 69 heavy (non-hydrogen) atoms. The van der Waals surface area contributed by atoms with Gasteiger partial charge in [0.25, 0.3) is 0 Å². The average Bonchev–Trinajstić information content (AvgIpc) is 4.08. The van der Waals surface area contributed by atoms with Crippen LogP contribution >= 0.6 is 0 Å². The second-order valence-corrected chi connectivity index (χ2v) is 17.9. The van der Waals surface area contributed by atoms with Gasteiger partial charge in [-0.3, -0.25) is 4.57 Å². The highest BCUT2D eigenvalue weighted by Gasteiger charge is 2.24. The zero-order chi connectivity index (χ0) is 45.2. The molecule has 0 aliphatic heterocycles. The van der Waals surface area contributed by atoms with Crippen LogP contribution in [0.5, 0.6) is 0 Å². The van der Waals surface area contributed by atoms with Crippen LogP contribution in [0.2, 0.25) is 0 Å². The summed E-state index contributed by atoms with van der Waals surface area (Å²) in [7, 11) is 0. The molecule has 0 atom stereocenters. The Morgan fingerprint density at radius 2 is 0.783 bits per heavy atom. The maximum Gasteiger partial charge on any atom is 0.238 e. The van der Waals surface area contributed by atoms with Crippen molar-refractivity contribution in [3.63, 3.8) is 0 Å². The molecule has 6 nitrogen and oxygen atoms in total. The molecule has 0 spiro atoms. The number of nitrogens with zero attached hydrogens (tertiary/aromatic N) is 5. The van der Waals surface area contributed by atoms with Crippen LogP contribution in [0.4, 0.5) is 0 Å². The molecule has 0 amide bonds. The summed E-state index contributed by atoms with van der Waals surface area (Å²) in [6, 6.07) is 79.9. The topological polar surface area (TPSA) is 61.7 Å². The summed E-state index contributed by atoms with van der Waals surface area (Å²) in [5.41, 5.74) is 11.1. The van der Waals surface area contributed by atoms with E-state index >= 15 is 0 Å². The van der Waals surface area contributed by atoms with Gasteiger partial charge < -0.3 is 8.98 Å². The number of rotatable bonds is 5. The van der Waals surface area contributed by atoms with E-state index < -0.39 is 0 Å². The summed E-state index contributed by atoms with van der Waals surface area (Å²) in [5.74, 6) is 1.70. The summed E-state index contributed by atoms with van der Waals surface area (Å²) in [4.78, 5) is 15.7. The van der Waals surface area contributed by atoms with Gasteiger partial charge in [0.2, 0.25) is 5.95 Å². The van der Waals surface area contributed by atoms with Crippen LogP contribution in [0.15, 0.2) is 229 Å². The minimum absolute atomic E-state index is 0.541. The van der Waals surface area contributed by atoms with Crippen LogP contribution in [0.3, 0.4) is 0 Å². The first-order chi connectivity index (χ1) is 34.2. The minimum atomic E-state index is 0.541. The predicted molar refractivity (Wildman–Crippen MR) is 285 cm³/mol. The highest BCUT2D eigenvalue weighted by Crippen LogP contribution is 2.45.